The van der Waals surface area contributed by atoms with Gasteiger partial charge in [0.1, 0.15) is 6.29 Å². The molecule has 2 heterocycles. The number of halogens is 2. The Hall–Kier alpha value is 0.380. The number of nitrogens with zero attached hydrogens (tertiary/aromatic N) is 3. The zero-order chi connectivity index (χ0) is 17.3. The Labute approximate surface area is 151 Å². The summed E-state index contributed by atoms with van der Waals surface area (Å²) in [5.74, 6) is 0. The molecule has 2 rings (SSSR count). The first-order valence-electron chi connectivity index (χ1n) is 8.74. The number of hydrogen-bond acceptors (Lipinski definition) is 5. The van der Waals surface area contributed by atoms with Gasteiger partial charge in [0, 0.05) is 23.7 Å². The minimum atomic E-state index is 0.0351. The van der Waals surface area contributed by atoms with Gasteiger partial charge in [0.25, 0.3) is 0 Å². The van der Waals surface area contributed by atoms with E-state index in [1.807, 2.05) is 0 Å². The van der Waals surface area contributed by atoms with Crippen molar-refractivity contribution in [1.82, 2.24) is 24.4 Å². The van der Waals surface area contributed by atoms with E-state index < -0.39 is 0 Å². The molecule has 1 atom stereocenters. The third kappa shape index (κ3) is 5.70. The van der Waals surface area contributed by atoms with Gasteiger partial charge in [0.15, 0.2) is 0 Å². The van der Waals surface area contributed by atoms with Crippen molar-refractivity contribution >= 4 is 23.6 Å². The number of unbranched alkanes of at least 4 members (excludes halogenated alkanes) is 1. The molecule has 2 fully saturated rings. The number of rotatable bonds is 5. The van der Waals surface area contributed by atoms with Gasteiger partial charge in [-0.25, -0.2) is 0 Å². The molecule has 0 aromatic carbocycles. The molecule has 2 aliphatic heterocycles. The summed E-state index contributed by atoms with van der Waals surface area (Å²) in [7, 11) is 0. The fraction of sp³-hybridized carbons (Fsp3) is 1.00. The summed E-state index contributed by atoms with van der Waals surface area (Å²) in [5, 5.41) is 7.53. The molecule has 0 aromatic rings. The molecule has 0 aromatic heterocycles. The molecule has 136 valence electrons. The molecular formula is C16H33Cl2N5. The summed E-state index contributed by atoms with van der Waals surface area (Å²) >= 11 is 12.7. The van der Waals surface area contributed by atoms with Crippen LogP contribution in [0.5, 0.6) is 0 Å². The molecule has 7 heteroatoms. The average molecular weight is 366 g/mol. The molecule has 1 unspecified atom stereocenters. The predicted octanol–water partition coefficient (Wildman–Crippen LogP) is 3.11. The Balaban J connectivity index is 2.05. The van der Waals surface area contributed by atoms with Gasteiger partial charge < -0.3 is 5.32 Å². The van der Waals surface area contributed by atoms with Crippen LogP contribution in [-0.2, 0) is 0 Å². The topological polar surface area (TPSA) is 33.8 Å². The monoisotopic (exact) mass is 365 g/mol. The SMILES string of the molecule is CCCCN1CN(Cl)CN(Cl)C1NC1CC(C)(C)NC(C)(C)C1. The number of nitrogens with one attached hydrogen (secondary N) is 2. The lowest BCUT2D eigenvalue weighted by molar-refractivity contribution is -0.0353. The van der Waals surface area contributed by atoms with E-state index in [0.29, 0.717) is 12.7 Å². The van der Waals surface area contributed by atoms with Gasteiger partial charge in [-0.15, -0.1) is 0 Å². The first-order valence-corrected chi connectivity index (χ1v) is 9.42. The number of hydrogen-bond donors (Lipinski definition) is 2. The van der Waals surface area contributed by atoms with E-state index >= 15 is 0 Å². The van der Waals surface area contributed by atoms with Crippen LogP contribution in [0.3, 0.4) is 0 Å². The number of piperidine rings is 1. The van der Waals surface area contributed by atoms with Crippen molar-refractivity contribution in [3.63, 3.8) is 0 Å². The third-order valence-electron chi connectivity index (χ3n) is 4.61. The quantitative estimate of drug-likeness (QED) is 0.731. The van der Waals surface area contributed by atoms with E-state index in [1.165, 1.54) is 6.42 Å². The molecule has 23 heavy (non-hydrogen) atoms. The van der Waals surface area contributed by atoms with Crippen molar-refractivity contribution in [2.75, 3.05) is 19.9 Å². The lowest BCUT2D eigenvalue weighted by Crippen LogP contribution is -2.68. The maximum atomic E-state index is 6.50. The lowest BCUT2D eigenvalue weighted by atomic mass is 9.79. The summed E-state index contributed by atoms with van der Waals surface area (Å²) < 4.78 is 3.52. The van der Waals surface area contributed by atoms with Crippen molar-refractivity contribution < 1.29 is 0 Å². The van der Waals surface area contributed by atoms with Crippen molar-refractivity contribution in [3.05, 3.63) is 0 Å². The van der Waals surface area contributed by atoms with Gasteiger partial charge in [-0.2, -0.15) is 8.84 Å². The van der Waals surface area contributed by atoms with E-state index in [4.69, 9.17) is 23.6 Å². The average Bonchev–Trinajstić information content (AvgIpc) is 2.36. The van der Waals surface area contributed by atoms with Gasteiger partial charge in [0.2, 0.25) is 0 Å². The molecule has 2 N–H and O–H groups in total. The maximum Gasteiger partial charge on any atom is 0.133 e. The van der Waals surface area contributed by atoms with Gasteiger partial charge in [-0.1, -0.05) is 13.3 Å². The van der Waals surface area contributed by atoms with Crippen LogP contribution in [0.4, 0.5) is 0 Å². The zero-order valence-electron chi connectivity index (χ0n) is 15.2. The van der Waals surface area contributed by atoms with E-state index in [2.05, 4.69) is 50.2 Å². The molecule has 2 aliphatic rings. The maximum absolute atomic E-state index is 6.50. The van der Waals surface area contributed by atoms with Crippen LogP contribution in [0.1, 0.15) is 60.3 Å². The summed E-state index contributed by atoms with van der Waals surface area (Å²) in [6.45, 7) is 13.6. The molecule has 5 nitrogen and oxygen atoms in total. The zero-order valence-corrected chi connectivity index (χ0v) is 16.7. The summed E-state index contributed by atoms with van der Waals surface area (Å²) in [4.78, 5) is 2.33. The van der Waals surface area contributed by atoms with Crippen molar-refractivity contribution in [2.24, 2.45) is 0 Å². The van der Waals surface area contributed by atoms with Gasteiger partial charge in [-0.3, -0.25) is 10.2 Å². The molecule has 2 saturated heterocycles. The van der Waals surface area contributed by atoms with E-state index in [0.717, 1.165) is 32.5 Å². The van der Waals surface area contributed by atoms with Crippen molar-refractivity contribution in [2.45, 2.75) is 83.7 Å². The fourth-order valence-electron chi connectivity index (χ4n) is 4.11. The molecule has 0 amide bonds. The Morgan fingerprint density at radius 2 is 1.70 bits per heavy atom. The van der Waals surface area contributed by atoms with Gasteiger partial charge in [0.05, 0.1) is 13.3 Å². The summed E-state index contributed by atoms with van der Waals surface area (Å²) in [6.07, 6.45) is 4.53. The second-order valence-electron chi connectivity index (χ2n) is 8.35. The standard InChI is InChI=1S/C16H33Cl2N5/c1-6-7-8-21-11-22(17)12-23(18)14(21)19-13-9-15(2,3)20-16(4,5)10-13/h13-14,19-20H,6-12H2,1-5H3. The highest BCUT2D eigenvalue weighted by Gasteiger charge is 2.40. The fourth-order valence-corrected chi connectivity index (χ4v) is 4.73. The van der Waals surface area contributed by atoms with Crippen LogP contribution in [0.15, 0.2) is 0 Å². The molecule has 0 radical (unpaired) electrons. The van der Waals surface area contributed by atoms with E-state index in [9.17, 15) is 0 Å². The smallest absolute Gasteiger partial charge is 0.133 e. The highest BCUT2D eigenvalue weighted by atomic mass is 35.5. The summed E-state index contributed by atoms with van der Waals surface area (Å²) in [6, 6.07) is 0.429. The first-order chi connectivity index (χ1) is 10.6. The Kier molecular flexibility index (Phi) is 6.62. The summed E-state index contributed by atoms with van der Waals surface area (Å²) in [5.41, 5.74) is 0.246. The molecular weight excluding hydrogens is 333 g/mol. The van der Waals surface area contributed by atoms with E-state index in [-0.39, 0.29) is 17.4 Å². The lowest BCUT2D eigenvalue weighted by Gasteiger charge is -2.50. The molecule has 0 bridgehead atoms. The second kappa shape index (κ2) is 7.73. The Bertz CT molecular complexity index is 375. The predicted molar refractivity (Wildman–Crippen MR) is 98.0 cm³/mol. The van der Waals surface area contributed by atoms with Crippen LogP contribution in [0, 0.1) is 0 Å². The van der Waals surface area contributed by atoms with Crippen LogP contribution < -0.4 is 10.6 Å². The van der Waals surface area contributed by atoms with Gasteiger partial charge in [-0.05, 0) is 70.5 Å². The second-order valence-corrected chi connectivity index (χ2v) is 9.26. The van der Waals surface area contributed by atoms with Crippen LogP contribution in [0.2, 0.25) is 0 Å². The third-order valence-corrected chi connectivity index (χ3v) is 5.11. The molecule has 0 aliphatic carbocycles. The Morgan fingerprint density at radius 1 is 1.09 bits per heavy atom. The minimum Gasteiger partial charge on any atom is -0.307 e. The van der Waals surface area contributed by atoms with Crippen molar-refractivity contribution in [1.29, 1.82) is 0 Å². The highest BCUT2D eigenvalue weighted by Crippen LogP contribution is 2.30. The normalized spacial score (nSPS) is 30.7. The molecule has 0 spiro atoms. The van der Waals surface area contributed by atoms with Gasteiger partial charge >= 0.3 is 0 Å². The van der Waals surface area contributed by atoms with E-state index in [1.54, 1.807) is 8.84 Å². The highest BCUT2D eigenvalue weighted by molar-refractivity contribution is 6.15. The first kappa shape index (κ1) is 19.7. The van der Waals surface area contributed by atoms with Crippen molar-refractivity contribution in [3.8, 4) is 0 Å². The Morgan fingerprint density at radius 3 is 2.26 bits per heavy atom. The van der Waals surface area contributed by atoms with Crippen LogP contribution in [-0.4, -0.2) is 57.0 Å². The largest absolute Gasteiger partial charge is 0.307 e. The van der Waals surface area contributed by atoms with Crippen LogP contribution in [0.25, 0.3) is 0 Å². The molecule has 0 saturated carbocycles. The minimum absolute atomic E-state index is 0.0351. The van der Waals surface area contributed by atoms with Crippen LogP contribution >= 0.6 is 23.6 Å².